The number of hydrogen-bond donors (Lipinski definition) is 0. The third kappa shape index (κ3) is 3.56. The van der Waals surface area contributed by atoms with Crippen LogP contribution in [0.3, 0.4) is 0 Å². The Morgan fingerprint density at radius 2 is 1.67 bits per heavy atom. The first-order chi connectivity index (χ1) is 8.66. The van der Waals surface area contributed by atoms with Crippen LogP contribution in [0.4, 0.5) is 0 Å². The van der Waals surface area contributed by atoms with Gasteiger partial charge in [0.2, 0.25) is 5.91 Å². The number of ether oxygens (including phenoxy) is 2. The van der Waals surface area contributed by atoms with Crippen LogP contribution >= 0.6 is 0 Å². The van der Waals surface area contributed by atoms with Crippen LogP contribution in [-0.2, 0) is 14.3 Å². The maximum atomic E-state index is 12.1. The van der Waals surface area contributed by atoms with Crippen LogP contribution in [0.15, 0.2) is 12.2 Å². The van der Waals surface area contributed by atoms with Gasteiger partial charge >= 0.3 is 0 Å². The van der Waals surface area contributed by atoms with Crippen LogP contribution in [0.25, 0.3) is 0 Å². The van der Waals surface area contributed by atoms with E-state index in [0.717, 1.165) is 38.9 Å². The Morgan fingerprint density at radius 3 is 2.00 bits per heavy atom. The highest BCUT2D eigenvalue weighted by molar-refractivity contribution is 5.92. The van der Waals surface area contributed by atoms with E-state index in [1.165, 1.54) is 0 Å². The zero-order valence-corrected chi connectivity index (χ0v) is 11.2. The molecule has 2 saturated heterocycles. The number of hydrogen-bond acceptors (Lipinski definition) is 3. The first-order valence-corrected chi connectivity index (χ1v) is 6.85. The van der Waals surface area contributed by atoms with Crippen molar-refractivity contribution in [1.82, 2.24) is 4.90 Å². The van der Waals surface area contributed by atoms with E-state index in [1.807, 2.05) is 4.90 Å². The van der Waals surface area contributed by atoms with Gasteiger partial charge in [-0.25, -0.2) is 0 Å². The molecule has 2 aliphatic rings. The van der Waals surface area contributed by atoms with Gasteiger partial charge in [0.25, 0.3) is 0 Å². The molecule has 0 aromatic carbocycles. The molecule has 0 aliphatic carbocycles. The number of amides is 1. The van der Waals surface area contributed by atoms with E-state index in [-0.39, 0.29) is 18.1 Å². The second-order valence-corrected chi connectivity index (χ2v) is 5.26. The second kappa shape index (κ2) is 6.34. The summed E-state index contributed by atoms with van der Waals surface area (Å²) in [4.78, 5) is 14.0. The summed E-state index contributed by atoms with van der Waals surface area (Å²) in [5.74, 6) is 0.0287. The Balaban J connectivity index is 1.92. The largest absolute Gasteiger partial charge is 0.376 e. The quantitative estimate of drug-likeness (QED) is 0.701. The molecule has 0 radical (unpaired) electrons. The zero-order chi connectivity index (χ0) is 13.0. The van der Waals surface area contributed by atoms with Crippen LogP contribution in [0.1, 0.15) is 32.6 Å². The van der Waals surface area contributed by atoms with E-state index < -0.39 is 0 Å². The molecule has 4 heteroatoms. The molecular weight excluding hydrogens is 230 g/mol. The number of carbonyl (C=O) groups is 1. The van der Waals surface area contributed by atoms with Gasteiger partial charge in [0.15, 0.2) is 0 Å². The monoisotopic (exact) mass is 253 g/mol. The van der Waals surface area contributed by atoms with Crippen molar-refractivity contribution < 1.29 is 14.3 Å². The standard InChI is InChI=1S/C14H23NO3/c1-11(2)14(16)15(9-12-5-3-7-17-12)10-13-6-4-8-18-13/h12-13H,1,3-10H2,2H3. The molecule has 2 rings (SSSR count). The lowest BCUT2D eigenvalue weighted by Crippen LogP contribution is -2.42. The molecule has 102 valence electrons. The van der Waals surface area contributed by atoms with Crippen molar-refractivity contribution >= 4 is 5.91 Å². The average Bonchev–Trinajstić information content (AvgIpc) is 2.99. The number of carbonyl (C=O) groups excluding carboxylic acids is 1. The van der Waals surface area contributed by atoms with Crippen molar-refractivity contribution in [2.45, 2.75) is 44.8 Å². The fourth-order valence-corrected chi connectivity index (χ4v) is 2.58. The lowest BCUT2D eigenvalue weighted by atomic mass is 10.1. The van der Waals surface area contributed by atoms with E-state index in [9.17, 15) is 4.79 Å². The minimum Gasteiger partial charge on any atom is -0.376 e. The third-order valence-corrected chi connectivity index (χ3v) is 3.55. The fraction of sp³-hybridized carbons (Fsp3) is 0.786. The van der Waals surface area contributed by atoms with E-state index >= 15 is 0 Å². The normalized spacial score (nSPS) is 27.4. The lowest BCUT2D eigenvalue weighted by Gasteiger charge is -2.27. The van der Waals surface area contributed by atoms with E-state index in [0.29, 0.717) is 18.7 Å². The van der Waals surface area contributed by atoms with Crippen molar-refractivity contribution in [2.24, 2.45) is 0 Å². The highest BCUT2D eigenvalue weighted by Crippen LogP contribution is 2.18. The molecule has 0 spiro atoms. The fourth-order valence-electron chi connectivity index (χ4n) is 2.58. The summed E-state index contributed by atoms with van der Waals surface area (Å²) < 4.78 is 11.2. The molecule has 0 N–H and O–H groups in total. The van der Waals surface area contributed by atoms with Crippen LogP contribution in [0, 0.1) is 0 Å². The molecule has 0 aromatic heterocycles. The Hall–Kier alpha value is -0.870. The summed E-state index contributed by atoms with van der Waals surface area (Å²) in [6.45, 7) is 8.50. The van der Waals surface area contributed by atoms with Crippen LogP contribution in [0.5, 0.6) is 0 Å². The molecule has 1 amide bonds. The Morgan fingerprint density at radius 1 is 1.17 bits per heavy atom. The predicted molar refractivity (Wildman–Crippen MR) is 69.3 cm³/mol. The van der Waals surface area contributed by atoms with Gasteiger partial charge in [-0.05, 0) is 32.6 Å². The van der Waals surface area contributed by atoms with Crippen LogP contribution in [-0.4, -0.2) is 49.3 Å². The second-order valence-electron chi connectivity index (χ2n) is 5.26. The van der Waals surface area contributed by atoms with Crippen molar-refractivity contribution in [1.29, 1.82) is 0 Å². The Bertz CT molecular complexity index is 286. The molecule has 0 bridgehead atoms. The average molecular weight is 253 g/mol. The van der Waals surface area contributed by atoms with Crippen molar-refractivity contribution in [3.8, 4) is 0 Å². The first kappa shape index (κ1) is 13.6. The Labute approximate surface area is 109 Å². The van der Waals surface area contributed by atoms with Gasteiger partial charge in [-0.15, -0.1) is 0 Å². The van der Waals surface area contributed by atoms with Gasteiger partial charge < -0.3 is 14.4 Å². The minimum atomic E-state index is 0.0287. The smallest absolute Gasteiger partial charge is 0.249 e. The summed E-state index contributed by atoms with van der Waals surface area (Å²) in [6.07, 6.45) is 4.67. The molecule has 2 atom stereocenters. The van der Waals surface area contributed by atoms with Crippen molar-refractivity contribution in [3.05, 3.63) is 12.2 Å². The molecule has 2 heterocycles. The van der Waals surface area contributed by atoms with Crippen molar-refractivity contribution in [2.75, 3.05) is 26.3 Å². The number of nitrogens with zero attached hydrogens (tertiary/aromatic N) is 1. The van der Waals surface area contributed by atoms with E-state index in [2.05, 4.69) is 6.58 Å². The minimum absolute atomic E-state index is 0.0287. The molecule has 0 saturated carbocycles. The molecule has 18 heavy (non-hydrogen) atoms. The summed E-state index contributed by atoms with van der Waals surface area (Å²) in [5, 5.41) is 0. The van der Waals surface area contributed by atoms with E-state index in [1.54, 1.807) is 6.92 Å². The first-order valence-electron chi connectivity index (χ1n) is 6.85. The molecular formula is C14H23NO3. The topological polar surface area (TPSA) is 38.8 Å². The molecule has 2 aliphatic heterocycles. The maximum absolute atomic E-state index is 12.1. The number of rotatable bonds is 5. The van der Waals surface area contributed by atoms with Gasteiger partial charge in [-0.3, -0.25) is 4.79 Å². The van der Waals surface area contributed by atoms with Crippen LogP contribution < -0.4 is 0 Å². The Kier molecular flexibility index (Phi) is 4.78. The van der Waals surface area contributed by atoms with Gasteiger partial charge in [0, 0.05) is 31.9 Å². The summed E-state index contributed by atoms with van der Waals surface area (Å²) in [5.41, 5.74) is 0.589. The SMILES string of the molecule is C=C(C)C(=O)N(CC1CCCO1)CC1CCCO1. The summed E-state index contributed by atoms with van der Waals surface area (Å²) in [6, 6.07) is 0. The highest BCUT2D eigenvalue weighted by Gasteiger charge is 2.26. The molecule has 2 unspecified atom stereocenters. The maximum Gasteiger partial charge on any atom is 0.249 e. The highest BCUT2D eigenvalue weighted by atomic mass is 16.5. The van der Waals surface area contributed by atoms with Gasteiger partial charge in [-0.1, -0.05) is 6.58 Å². The van der Waals surface area contributed by atoms with Gasteiger partial charge in [-0.2, -0.15) is 0 Å². The van der Waals surface area contributed by atoms with Gasteiger partial charge in [0.05, 0.1) is 12.2 Å². The molecule has 2 fully saturated rings. The zero-order valence-electron chi connectivity index (χ0n) is 11.2. The third-order valence-electron chi connectivity index (χ3n) is 3.55. The van der Waals surface area contributed by atoms with Crippen LogP contribution in [0.2, 0.25) is 0 Å². The van der Waals surface area contributed by atoms with Gasteiger partial charge in [0.1, 0.15) is 0 Å². The van der Waals surface area contributed by atoms with Crippen molar-refractivity contribution in [3.63, 3.8) is 0 Å². The lowest BCUT2D eigenvalue weighted by molar-refractivity contribution is -0.130. The molecule has 4 nitrogen and oxygen atoms in total. The summed E-state index contributed by atoms with van der Waals surface area (Å²) in [7, 11) is 0. The van der Waals surface area contributed by atoms with E-state index in [4.69, 9.17) is 9.47 Å². The summed E-state index contributed by atoms with van der Waals surface area (Å²) >= 11 is 0. The predicted octanol–water partition coefficient (Wildman–Crippen LogP) is 1.75. The molecule has 0 aromatic rings.